The minimum atomic E-state index is 0.197. The van der Waals surface area contributed by atoms with Crippen molar-refractivity contribution >= 4 is 5.91 Å². The van der Waals surface area contributed by atoms with Crippen LogP contribution < -0.4 is 10.6 Å². The van der Waals surface area contributed by atoms with Gasteiger partial charge in [0.25, 0.3) is 0 Å². The third-order valence-electron chi connectivity index (χ3n) is 3.22. The van der Waals surface area contributed by atoms with Crippen molar-refractivity contribution in [1.29, 1.82) is 0 Å². The number of hydrogen-bond donors (Lipinski definition) is 2. The fourth-order valence-electron chi connectivity index (χ4n) is 2.11. The standard InChI is InChI=1S/C12H25N3O/c1-4-15(5-2)9-10(3)13-8-11-6-7-12(16)14-11/h10-11,13H,4-9H2,1-3H3,(H,14,16). The van der Waals surface area contributed by atoms with Crippen molar-refractivity contribution in [2.75, 3.05) is 26.2 Å². The van der Waals surface area contributed by atoms with Crippen LogP contribution in [0.5, 0.6) is 0 Å². The van der Waals surface area contributed by atoms with E-state index in [1.54, 1.807) is 0 Å². The largest absolute Gasteiger partial charge is 0.352 e. The summed E-state index contributed by atoms with van der Waals surface area (Å²) in [7, 11) is 0. The molecule has 0 radical (unpaired) electrons. The number of carbonyl (C=O) groups is 1. The fourth-order valence-corrected chi connectivity index (χ4v) is 2.11. The molecule has 2 unspecified atom stereocenters. The Kier molecular flexibility index (Phi) is 5.77. The second kappa shape index (κ2) is 6.86. The van der Waals surface area contributed by atoms with Gasteiger partial charge in [0.2, 0.25) is 5.91 Å². The maximum Gasteiger partial charge on any atom is 0.220 e. The summed E-state index contributed by atoms with van der Waals surface area (Å²) in [5, 5.41) is 6.46. The fraction of sp³-hybridized carbons (Fsp3) is 0.917. The van der Waals surface area contributed by atoms with Crippen molar-refractivity contribution in [2.24, 2.45) is 0 Å². The van der Waals surface area contributed by atoms with Crippen LogP contribution in [0.4, 0.5) is 0 Å². The van der Waals surface area contributed by atoms with Crippen molar-refractivity contribution < 1.29 is 4.79 Å². The lowest BCUT2D eigenvalue weighted by Gasteiger charge is -2.24. The van der Waals surface area contributed by atoms with Crippen molar-refractivity contribution in [1.82, 2.24) is 15.5 Å². The van der Waals surface area contributed by atoms with E-state index in [0.29, 0.717) is 18.5 Å². The van der Waals surface area contributed by atoms with Crippen LogP contribution in [0.15, 0.2) is 0 Å². The molecule has 1 aliphatic heterocycles. The first-order valence-corrected chi connectivity index (χ1v) is 6.40. The molecule has 4 heteroatoms. The van der Waals surface area contributed by atoms with Crippen LogP contribution in [0.3, 0.4) is 0 Å². The average molecular weight is 227 g/mol. The second-order valence-electron chi connectivity index (χ2n) is 4.60. The van der Waals surface area contributed by atoms with Crippen molar-refractivity contribution in [3.8, 4) is 0 Å². The summed E-state index contributed by atoms with van der Waals surface area (Å²) in [6.45, 7) is 10.8. The summed E-state index contributed by atoms with van der Waals surface area (Å²) in [4.78, 5) is 13.4. The molecule has 1 fully saturated rings. The monoisotopic (exact) mass is 227 g/mol. The summed E-state index contributed by atoms with van der Waals surface area (Å²) in [5.41, 5.74) is 0. The first kappa shape index (κ1) is 13.5. The Morgan fingerprint density at radius 1 is 1.50 bits per heavy atom. The normalized spacial score (nSPS) is 22.5. The van der Waals surface area contributed by atoms with Crippen molar-refractivity contribution in [2.45, 2.75) is 45.7 Å². The van der Waals surface area contributed by atoms with E-state index in [4.69, 9.17) is 0 Å². The minimum absolute atomic E-state index is 0.197. The van der Waals surface area contributed by atoms with E-state index in [1.807, 2.05) is 0 Å². The molecule has 0 bridgehead atoms. The van der Waals surface area contributed by atoms with Gasteiger partial charge in [-0.1, -0.05) is 13.8 Å². The zero-order valence-corrected chi connectivity index (χ0v) is 10.8. The highest BCUT2D eigenvalue weighted by atomic mass is 16.1. The molecule has 2 atom stereocenters. The Bertz CT molecular complexity index is 216. The van der Waals surface area contributed by atoms with Crippen LogP contribution in [0.1, 0.15) is 33.6 Å². The van der Waals surface area contributed by atoms with Crippen LogP contribution in [-0.2, 0) is 4.79 Å². The lowest BCUT2D eigenvalue weighted by Crippen LogP contribution is -2.44. The van der Waals surface area contributed by atoms with Crippen LogP contribution in [0.25, 0.3) is 0 Å². The molecule has 1 heterocycles. The van der Waals surface area contributed by atoms with E-state index in [-0.39, 0.29) is 5.91 Å². The lowest BCUT2D eigenvalue weighted by atomic mass is 10.2. The molecule has 1 amide bonds. The Balaban J connectivity index is 2.14. The number of rotatable bonds is 7. The Labute approximate surface area is 98.8 Å². The first-order chi connectivity index (χ1) is 7.65. The third kappa shape index (κ3) is 4.49. The topological polar surface area (TPSA) is 44.4 Å². The Morgan fingerprint density at radius 2 is 2.19 bits per heavy atom. The molecule has 1 rings (SSSR count). The molecule has 0 spiro atoms. The molecule has 0 aromatic rings. The summed E-state index contributed by atoms with van der Waals surface area (Å²) in [6.07, 6.45) is 1.67. The first-order valence-electron chi connectivity index (χ1n) is 6.40. The average Bonchev–Trinajstić information content (AvgIpc) is 2.69. The lowest BCUT2D eigenvalue weighted by molar-refractivity contribution is -0.119. The smallest absolute Gasteiger partial charge is 0.220 e. The molecule has 0 aliphatic carbocycles. The second-order valence-corrected chi connectivity index (χ2v) is 4.60. The SMILES string of the molecule is CCN(CC)CC(C)NCC1CCC(=O)N1. The predicted octanol–water partition coefficient (Wildman–Crippen LogP) is 0.585. The quantitative estimate of drug-likeness (QED) is 0.669. The minimum Gasteiger partial charge on any atom is -0.352 e. The van der Waals surface area contributed by atoms with E-state index in [2.05, 4.69) is 36.3 Å². The molecule has 0 aromatic carbocycles. The van der Waals surface area contributed by atoms with Gasteiger partial charge in [0.05, 0.1) is 0 Å². The predicted molar refractivity (Wildman–Crippen MR) is 66.4 cm³/mol. The molecule has 0 aromatic heterocycles. The highest BCUT2D eigenvalue weighted by Gasteiger charge is 2.20. The van der Waals surface area contributed by atoms with Gasteiger partial charge in [0.15, 0.2) is 0 Å². The van der Waals surface area contributed by atoms with Crippen LogP contribution in [-0.4, -0.2) is 49.1 Å². The number of carbonyl (C=O) groups excluding carboxylic acids is 1. The maximum atomic E-state index is 11.0. The van der Waals surface area contributed by atoms with Gasteiger partial charge >= 0.3 is 0 Å². The molecule has 1 aliphatic rings. The van der Waals surface area contributed by atoms with Crippen molar-refractivity contribution in [3.05, 3.63) is 0 Å². The van der Waals surface area contributed by atoms with Crippen LogP contribution >= 0.6 is 0 Å². The summed E-state index contributed by atoms with van der Waals surface area (Å²) < 4.78 is 0. The van der Waals surface area contributed by atoms with Crippen molar-refractivity contribution in [3.63, 3.8) is 0 Å². The molecule has 4 nitrogen and oxygen atoms in total. The highest BCUT2D eigenvalue weighted by Crippen LogP contribution is 2.05. The summed E-state index contributed by atoms with van der Waals surface area (Å²) in [6, 6.07) is 0.823. The summed E-state index contributed by atoms with van der Waals surface area (Å²) in [5.74, 6) is 0.197. The molecule has 94 valence electrons. The van der Waals surface area contributed by atoms with Gasteiger partial charge in [-0.2, -0.15) is 0 Å². The van der Waals surface area contributed by atoms with E-state index >= 15 is 0 Å². The molecule has 1 saturated heterocycles. The van der Waals surface area contributed by atoms with E-state index in [1.165, 1.54) is 0 Å². The van der Waals surface area contributed by atoms with Gasteiger partial charge < -0.3 is 15.5 Å². The van der Waals surface area contributed by atoms with Gasteiger partial charge in [0.1, 0.15) is 0 Å². The maximum absolute atomic E-state index is 11.0. The van der Waals surface area contributed by atoms with E-state index < -0.39 is 0 Å². The number of nitrogens with one attached hydrogen (secondary N) is 2. The van der Waals surface area contributed by atoms with Crippen LogP contribution in [0.2, 0.25) is 0 Å². The third-order valence-corrected chi connectivity index (χ3v) is 3.22. The highest BCUT2D eigenvalue weighted by molar-refractivity contribution is 5.78. The van der Waals surface area contributed by atoms with Gasteiger partial charge in [-0.05, 0) is 26.4 Å². The molecule has 2 N–H and O–H groups in total. The zero-order valence-electron chi connectivity index (χ0n) is 10.8. The molecule has 16 heavy (non-hydrogen) atoms. The van der Waals surface area contributed by atoms with Gasteiger partial charge in [0, 0.05) is 31.6 Å². The number of likely N-dealkylation sites (N-methyl/N-ethyl adjacent to an activating group) is 1. The summed E-state index contributed by atoms with van der Waals surface area (Å²) >= 11 is 0. The van der Waals surface area contributed by atoms with E-state index in [9.17, 15) is 4.79 Å². The molecular formula is C12H25N3O. The number of nitrogens with zero attached hydrogens (tertiary/aromatic N) is 1. The van der Waals surface area contributed by atoms with Gasteiger partial charge in [-0.25, -0.2) is 0 Å². The number of amides is 1. The molecule has 0 saturated carbocycles. The van der Waals surface area contributed by atoms with E-state index in [0.717, 1.165) is 32.6 Å². The number of hydrogen-bond acceptors (Lipinski definition) is 3. The Hall–Kier alpha value is -0.610. The Morgan fingerprint density at radius 3 is 2.69 bits per heavy atom. The van der Waals surface area contributed by atoms with Gasteiger partial charge in [-0.3, -0.25) is 4.79 Å². The van der Waals surface area contributed by atoms with Gasteiger partial charge in [-0.15, -0.1) is 0 Å². The zero-order chi connectivity index (χ0) is 12.0. The van der Waals surface area contributed by atoms with Crippen LogP contribution in [0, 0.1) is 0 Å². The molecular weight excluding hydrogens is 202 g/mol.